The molecule has 5 nitrogen and oxygen atoms in total. The number of morpholine rings is 1. The Bertz CT molecular complexity index is 878. The number of nitrogens with zero attached hydrogens (tertiary/aromatic N) is 2. The average Bonchev–Trinajstić information content (AvgIpc) is 2.81. The number of aliphatic hydroxyl groups is 1. The Morgan fingerprint density at radius 2 is 1.90 bits per heavy atom. The highest BCUT2D eigenvalue weighted by atomic mass is 16.5. The van der Waals surface area contributed by atoms with Crippen molar-refractivity contribution in [3.05, 3.63) is 65.2 Å². The Balaban J connectivity index is 1.51. The fraction of sp³-hybridized carbons (Fsp3) is 0.480. The number of benzene rings is 2. The van der Waals surface area contributed by atoms with Crippen LogP contribution in [0.25, 0.3) is 0 Å². The van der Waals surface area contributed by atoms with Crippen molar-refractivity contribution in [2.24, 2.45) is 5.41 Å². The topological polar surface area (TPSA) is 53.0 Å². The van der Waals surface area contributed by atoms with Gasteiger partial charge in [-0.3, -0.25) is 4.79 Å². The van der Waals surface area contributed by atoms with Crippen LogP contribution in [0.1, 0.15) is 34.3 Å². The van der Waals surface area contributed by atoms with Crippen molar-refractivity contribution in [3.63, 3.8) is 0 Å². The van der Waals surface area contributed by atoms with Gasteiger partial charge in [-0.2, -0.15) is 0 Å². The summed E-state index contributed by atoms with van der Waals surface area (Å²) in [5, 5.41) is 10.3. The minimum absolute atomic E-state index is 0.0624. The molecular formula is C25H32N2O3. The first-order valence-corrected chi connectivity index (χ1v) is 11.0. The van der Waals surface area contributed by atoms with Gasteiger partial charge in [-0.15, -0.1) is 0 Å². The van der Waals surface area contributed by atoms with E-state index in [9.17, 15) is 9.90 Å². The summed E-state index contributed by atoms with van der Waals surface area (Å²) in [6, 6.07) is 16.3. The van der Waals surface area contributed by atoms with Crippen LogP contribution in [0.5, 0.6) is 0 Å². The van der Waals surface area contributed by atoms with Crippen LogP contribution in [-0.2, 0) is 11.2 Å². The van der Waals surface area contributed by atoms with Crippen molar-refractivity contribution in [2.75, 3.05) is 50.9 Å². The molecule has 1 N–H and O–H groups in total. The van der Waals surface area contributed by atoms with Gasteiger partial charge >= 0.3 is 0 Å². The molecule has 160 valence electrons. The molecule has 2 aromatic carbocycles. The minimum Gasteiger partial charge on any atom is -0.396 e. The summed E-state index contributed by atoms with van der Waals surface area (Å²) in [7, 11) is 0. The summed E-state index contributed by atoms with van der Waals surface area (Å²) in [6.07, 6.45) is 2.66. The quantitative estimate of drug-likeness (QED) is 0.825. The number of likely N-dealkylation sites (tertiary alicyclic amines) is 1. The number of rotatable bonds is 5. The predicted octanol–water partition coefficient (Wildman–Crippen LogP) is 3.29. The van der Waals surface area contributed by atoms with E-state index in [1.807, 2.05) is 29.2 Å². The van der Waals surface area contributed by atoms with E-state index in [0.717, 1.165) is 63.4 Å². The van der Waals surface area contributed by atoms with E-state index in [2.05, 4.69) is 36.1 Å². The number of carbonyl (C=O) groups is 1. The van der Waals surface area contributed by atoms with Crippen LogP contribution in [0.2, 0.25) is 0 Å². The maximum atomic E-state index is 13.4. The summed E-state index contributed by atoms with van der Waals surface area (Å²) in [5.41, 5.74) is 4.03. The number of hydrogen-bond donors (Lipinski definition) is 1. The maximum absolute atomic E-state index is 13.4. The fourth-order valence-electron chi connectivity index (χ4n) is 4.76. The highest BCUT2D eigenvalue weighted by molar-refractivity contribution is 5.95. The lowest BCUT2D eigenvalue weighted by atomic mass is 9.75. The van der Waals surface area contributed by atoms with Gasteiger partial charge in [-0.05, 0) is 55.5 Å². The van der Waals surface area contributed by atoms with Crippen LogP contribution in [0.3, 0.4) is 0 Å². The third kappa shape index (κ3) is 4.52. The third-order valence-corrected chi connectivity index (χ3v) is 6.58. The molecule has 0 spiro atoms. The summed E-state index contributed by atoms with van der Waals surface area (Å²) in [6.45, 7) is 6.71. The van der Waals surface area contributed by atoms with Gasteiger partial charge < -0.3 is 19.6 Å². The SMILES string of the molecule is Cc1ccccc1CC1(CO)CCCN(C(=O)c2cccc(N3CCOCC3)c2)C1. The Morgan fingerprint density at radius 3 is 2.67 bits per heavy atom. The lowest BCUT2D eigenvalue weighted by molar-refractivity contribution is 0.0271. The Hall–Kier alpha value is -2.37. The van der Waals surface area contributed by atoms with Gasteiger partial charge in [0.2, 0.25) is 0 Å². The van der Waals surface area contributed by atoms with Crippen LogP contribution in [-0.4, -0.2) is 61.9 Å². The largest absolute Gasteiger partial charge is 0.396 e. The van der Waals surface area contributed by atoms with E-state index in [-0.39, 0.29) is 17.9 Å². The van der Waals surface area contributed by atoms with Crippen LogP contribution >= 0.6 is 0 Å². The monoisotopic (exact) mass is 408 g/mol. The molecule has 2 aliphatic rings. The number of hydrogen-bond acceptors (Lipinski definition) is 4. The molecule has 30 heavy (non-hydrogen) atoms. The number of aliphatic hydroxyl groups excluding tert-OH is 1. The van der Waals surface area contributed by atoms with E-state index in [1.165, 1.54) is 11.1 Å². The second-order valence-corrected chi connectivity index (χ2v) is 8.74. The van der Waals surface area contributed by atoms with E-state index >= 15 is 0 Å². The summed E-state index contributed by atoms with van der Waals surface area (Å²) in [5.74, 6) is 0.0624. The van der Waals surface area contributed by atoms with Gasteiger partial charge in [-0.25, -0.2) is 0 Å². The number of carbonyl (C=O) groups excluding carboxylic acids is 1. The van der Waals surface area contributed by atoms with E-state index in [1.54, 1.807) is 0 Å². The first kappa shape index (κ1) is 20.9. The number of amides is 1. The van der Waals surface area contributed by atoms with Crippen molar-refractivity contribution < 1.29 is 14.6 Å². The van der Waals surface area contributed by atoms with Crippen LogP contribution in [0.15, 0.2) is 48.5 Å². The average molecular weight is 409 g/mol. The molecule has 1 unspecified atom stereocenters. The highest BCUT2D eigenvalue weighted by Gasteiger charge is 2.37. The first-order valence-electron chi connectivity index (χ1n) is 11.0. The van der Waals surface area contributed by atoms with E-state index in [4.69, 9.17) is 4.74 Å². The molecule has 2 heterocycles. The van der Waals surface area contributed by atoms with Crippen molar-refractivity contribution in [3.8, 4) is 0 Å². The number of piperidine rings is 1. The Labute approximate surface area is 179 Å². The molecule has 2 aliphatic heterocycles. The van der Waals surface area contributed by atoms with E-state index in [0.29, 0.717) is 6.54 Å². The molecule has 5 heteroatoms. The minimum atomic E-state index is -0.276. The number of ether oxygens (including phenoxy) is 1. The second kappa shape index (κ2) is 9.19. The Morgan fingerprint density at radius 1 is 1.10 bits per heavy atom. The zero-order valence-electron chi connectivity index (χ0n) is 17.8. The fourth-order valence-corrected chi connectivity index (χ4v) is 4.76. The lowest BCUT2D eigenvalue weighted by Gasteiger charge is -2.42. The molecular weight excluding hydrogens is 376 g/mol. The molecule has 2 fully saturated rings. The molecule has 1 atom stereocenters. The normalized spacial score (nSPS) is 22.2. The van der Waals surface area contributed by atoms with Crippen molar-refractivity contribution in [1.29, 1.82) is 0 Å². The van der Waals surface area contributed by atoms with Gasteiger partial charge in [0.15, 0.2) is 0 Å². The zero-order valence-corrected chi connectivity index (χ0v) is 17.8. The molecule has 2 aromatic rings. The lowest BCUT2D eigenvalue weighted by Crippen LogP contribution is -2.49. The second-order valence-electron chi connectivity index (χ2n) is 8.74. The zero-order chi connectivity index (χ0) is 21.0. The first-order chi connectivity index (χ1) is 14.6. The van der Waals surface area contributed by atoms with Crippen molar-refractivity contribution in [2.45, 2.75) is 26.2 Å². The number of aryl methyl sites for hydroxylation is 1. The molecule has 0 saturated carbocycles. The predicted molar refractivity (Wildman–Crippen MR) is 119 cm³/mol. The van der Waals surface area contributed by atoms with Crippen molar-refractivity contribution >= 4 is 11.6 Å². The molecule has 0 aromatic heterocycles. The maximum Gasteiger partial charge on any atom is 0.253 e. The van der Waals surface area contributed by atoms with Gasteiger partial charge in [0.25, 0.3) is 5.91 Å². The molecule has 4 rings (SSSR count). The molecule has 0 aliphatic carbocycles. The van der Waals surface area contributed by atoms with Gasteiger partial charge in [0.1, 0.15) is 0 Å². The molecule has 1 amide bonds. The summed E-state index contributed by atoms with van der Waals surface area (Å²) >= 11 is 0. The Kier molecular flexibility index (Phi) is 6.40. The summed E-state index contributed by atoms with van der Waals surface area (Å²) < 4.78 is 5.45. The van der Waals surface area contributed by atoms with E-state index < -0.39 is 0 Å². The van der Waals surface area contributed by atoms with Crippen LogP contribution in [0, 0.1) is 12.3 Å². The molecule has 0 bridgehead atoms. The smallest absolute Gasteiger partial charge is 0.253 e. The number of anilines is 1. The van der Waals surface area contributed by atoms with Crippen LogP contribution in [0.4, 0.5) is 5.69 Å². The van der Waals surface area contributed by atoms with Crippen molar-refractivity contribution in [1.82, 2.24) is 4.90 Å². The van der Waals surface area contributed by atoms with Crippen LogP contribution < -0.4 is 4.90 Å². The third-order valence-electron chi connectivity index (χ3n) is 6.58. The summed E-state index contributed by atoms with van der Waals surface area (Å²) in [4.78, 5) is 17.6. The standard InChI is InChI=1S/C25H32N2O3/c1-20-6-2-3-7-22(20)17-25(19-28)10-5-11-27(18-25)24(29)21-8-4-9-23(16-21)26-12-14-30-15-13-26/h2-4,6-9,16,28H,5,10-15,17-19H2,1H3. The molecule has 0 radical (unpaired) electrons. The van der Waals surface area contributed by atoms with Gasteiger partial charge in [0, 0.05) is 42.8 Å². The highest BCUT2D eigenvalue weighted by Crippen LogP contribution is 2.35. The van der Waals surface area contributed by atoms with Gasteiger partial charge in [-0.1, -0.05) is 30.3 Å². The van der Waals surface area contributed by atoms with Gasteiger partial charge in [0.05, 0.1) is 19.8 Å². The molecule has 2 saturated heterocycles.